The fourth-order valence-electron chi connectivity index (χ4n) is 2.88. The van der Waals surface area contributed by atoms with E-state index in [4.69, 9.17) is 20.5 Å². The largest absolute Gasteiger partial charge is 0.444 e. The van der Waals surface area contributed by atoms with E-state index in [-0.39, 0.29) is 21.8 Å². The van der Waals surface area contributed by atoms with Gasteiger partial charge in [0.25, 0.3) is 0 Å². The number of nitrogens with zero attached hydrogens (tertiary/aromatic N) is 1. The van der Waals surface area contributed by atoms with Crippen LogP contribution in [-0.4, -0.2) is 38.2 Å². The van der Waals surface area contributed by atoms with E-state index in [1.165, 1.54) is 12.1 Å². The zero-order valence-electron chi connectivity index (χ0n) is 18.4. The second-order valence-electron chi connectivity index (χ2n) is 8.10. The van der Waals surface area contributed by atoms with Crippen LogP contribution >= 0.6 is 11.6 Å². The van der Waals surface area contributed by atoms with Gasteiger partial charge in [0, 0.05) is 6.54 Å². The third-order valence-electron chi connectivity index (χ3n) is 4.24. The molecule has 0 heterocycles. The van der Waals surface area contributed by atoms with E-state index in [9.17, 15) is 13.2 Å². The minimum absolute atomic E-state index is 0.0909. The Balaban J connectivity index is 2.09. The van der Waals surface area contributed by atoms with Crippen molar-refractivity contribution >= 4 is 27.8 Å². The van der Waals surface area contributed by atoms with E-state index in [0.29, 0.717) is 13.0 Å². The molecule has 0 aliphatic heterocycles. The van der Waals surface area contributed by atoms with Crippen molar-refractivity contribution in [3.63, 3.8) is 0 Å². The first-order chi connectivity index (χ1) is 14.4. The van der Waals surface area contributed by atoms with E-state index in [2.05, 4.69) is 5.32 Å². The maximum Gasteiger partial charge on any atom is 0.408 e. The molecular formula is C22H29ClN2O5S. The molecule has 0 aliphatic carbocycles. The third-order valence-corrected chi connectivity index (χ3v) is 5.99. The summed E-state index contributed by atoms with van der Waals surface area (Å²) in [4.78, 5) is 13.9. The highest BCUT2D eigenvalue weighted by Gasteiger charge is 2.22. The molecule has 0 saturated heterocycles. The summed E-state index contributed by atoms with van der Waals surface area (Å²) in [6.07, 6.45) is -0.0901. The highest BCUT2D eigenvalue weighted by molar-refractivity contribution is 7.87. The molecule has 2 aromatic carbocycles. The Bertz CT molecular complexity index is 1000. The zero-order valence-corrected chi connectivity index (χ0v) is 20.0. The highest BCUT2D eigenvalue weighted by Crippen LogP contribution is 2.25. The SMILES string of the molecule is CCC(NC(=O)OC(C)(C)C)N(C)Cc1cccc(OS(=O)(=O)c2ccccc2Cl)c1. The van der Waals surface area contributed by atoms with Crippen LogP contribution in [0.15, 0.2) is 53.4 Å². The van der Waals surface area contributed by atoms with Gasteiger partial charge in [-0.1, -0.05) is 42.8 Å². The maximum atomic E-state index is 12.6. The Morgan fingerprint density at radius 3 is 2.45 bits per heavy atom. The minimum Gasteiger partial charge on any atom is -0.444 e. The van der Waals surface area contributed by atoms with Gasteiger partial charge in [-0.3, -0.25) is 4.90 Å². The molecule has 1 amide bonds. The lowest BCUT2D eigenvalue weighted by Crippen LogP contribution is -2.47. The fourth-order valence-corrected chi connectivity index (χ4v) is 4.30. The van der Waals surface area contributed by atoms with Crippen molar-refractivity contribution in [2.45, 2.75) is 57.3 Å². The van der Waals surface area contributed by atoms with Gasteiger partial charge in [-0.25, -0.2) is 4.79 Å². The number of benzene rings is 2. The van der Waals surface area contributed by atoms with Gasteiger partial charge in [-0.15, -0.1) is 0 Å². The van der Waals surface area contributed by atoms with E-state index in [1.54, 1.807) is 51.1 Å². The number of nitrogens with one attached hydrogen (secondary N) is 1. The Morgan fingerprint density at radius 2 is 1.84 bits per heavy atom. The molecular weight excluding hydrogens is 440 g/mol. The molecule has 7 nitrogen and oxygen atoms in total. The number of halogens is 1. The summed E-state index contributed by atoms with van der Waals surface area (Å²) in [7, 11) is -2.20. The summed E-state index contributed by atoms with van der Waals surface area (Å²) in [6, 6.07) is 12.9. The number of hydrogen-bond donors (Lipinski definition) is 1. The molecule has 2 rings (SSSR count). The van der Waals surface area contributed by atoms with Crippen LogP contribution in [0.4, 0.5) is 4.79 Å². The van der Waals surface area contributed by atoms with Crippen molar-refractivity contribution < 1.29 is 22.1 Å². The van der Waals surface area contributed by atoms with Gasteiger partial charge in [0.1, 0.15) is 16.2 Å². The molecule has 0 aromatic heterocycles. The van der Waals surface area contributed by atoms with E-state index in [0.717, 1.165) is 5.56 Å². The van der Waals surface area contributed by atoms with Crippen LogP contribution in [0.25, 0.3) is 0 Å². The minimum atomic E-state index is -4.06. The van der Waals surface area contributed by atoms with Crippen LogP contribution in [0.3, 0.4) is 0 Å². The van der Waals surface area contributed by atoms with Crippen LogP contribution in [0.2, 0.25) is 5.02 Å². The Kier molecular flexibility index (Phi) is 8.34. The molecule has 9 heteroatoms. The number of rotatable bonds is 8. The maximum absolute atomic E-state index is 12.6. The van der Waals surface area contributed by atoms with E-state index in [1.807, 2.05) is 24.9 Å². The summed E-state index contributed by atoms with van der Waals surface area (Å²) in [5.74, 6) is 0.180. The zero-order chi connectivity index (χ0) is 23.2. The fraction of sp³-hybridized carbons (Fsp3) is 0.409. The van der Waals surface area contributed by atoms with Crippen LogP contribution < -0.4 is 9.50 Å². The number of amides is 1. The molecule has 1 N–H and O–H groups in total. The summed E-state index contributed by atoms with van der Waals surface area (Å²) >= 11 is 6.00. The number of carbonyl (C=O) groups is 1. The van der Waals surface area contributed by atoms with Crippen LogP contribution in [0.5, 0.6) is 5.75 Å². The lowest BCUT2D eigenvalue weighted by molar-refractivity contribution is 0.0426. The van der Waals surface area contributed by atoms with Crippen LogP contribution in [-0.2, 0) is 21.4 Å². The quantitative estimate of drug-likeness (QED) is 0.442. The van der Waals surface area contributed by atoms with Gasteiger partial charge in [-0.2, -0.15) is 8.42 Å². The number of hydrogen-bond acceptors (Lipinski definition) is 6. The molecule has 1 unspecified atom stereocenters. The summed E-state index contributed by atoms with van der Waals surface area (Å²) in [5, 5.41) is 2.94. The van der Waals surface area contributed by atoms with Gasteiger partial charge in [0.2, 0.25) is 0 Å². The smallest absolute Gasteiger partial charge is 0.408 e. The molecule has 1 atom stereocenters. The van der Waals surface area contributed by atoms with Crippen molar-refractivity contribution in [1.29, 1.82) is 0 Å². The molecule has 0 bridgehead atoms. The molecule has 0 fully saturated rings. The van der Waals surface area contributed by atoms with Crippen molar-refractivity contribution in [2.75, 3.05) is 7.05 Å². The third kappa shape index (κ3) is 7.72. The predicted molar refractivity (Wildman–Crippen MR) is 121 cm³/mol. The standard InChI is InChI=1S/C22H29ClN2O5S/c1-6-20(24-21(26)29-22(2,3)4)25(5)15-16-10-9-11-17(14-16)30-31(27,28)19-13-8-7-12-18(19)23/h7-14,20H,6,15H2,1-5H3,(H,24,26). The summed E-state index contributed by atoms with van der Waals surface area (Å²) in [6.45, 7) is 7.82. The monoisotopic (exact) mass is 468 g/mol. The molecule has 0 saturated carbocycles. The molecule has 0 radical (unpaired) electrons. The van der Waals surface area contributed by atoms with Gasteiger partial charge in [-0.05, 0) is 64.1 Å². The van der Waals surface area contributed by atoms with Gasteiger partial charge < -0.3 is 14.2 Å². The number of alkyl carbamates (subject to hydrolysis) is 1. The van der Waals surface area contributed by atoms with Crippen molar-refractivity contribution in [3.8, 4) is 5.75 Å². The van der Waals surface area contributed by atoms with Crippen molar-refractivity contribution in [1.82, 2.24) is 10.2 Å². The highest BCUT2D eigenvalue weighted by atomic mass is 35.5. The number of carbonyl (C=O) groups excluding carboxylic acids is 1. The number of ether oxygens (including phenoxy) is 1. The lowest BCUT2D eigenvalue weighted by Gasteiger charge is -2.29. The van der Waals surface area contributed by atoms with Crippen LogP contribution in [0.1, 0.15) is 39.7 Å². The first-order valence-electron chi connectivity index (χ1n) is 9.89. The van der Waals surface area contributed by atoms with Gasteiger partial charge in [0.15, 0.2) is 0 Å². The first kappa shape index (κ1) is 25.0. The van der Waals surface area contributed by atoms with Gasteiger partial charge >= 0.3 is 16.2 Å². The first-order valence-corrected chi connectivity index (χ1v) is 11.7. The van der Waals surface area contributed by atoms with Crippen molar-refractivity contribution in [3.05, 3.63) is 59.1 Å². The normalized spacial score (nSPS) is 13.0. The van der Waals surface area contributed by atoms with E-state index >= 15 is 0 Å². The Morgan fingerprint density at radius 1 is 1.16 bits per heavy atom. The van der Waals surface area contributed by atoms with Crippen molar-refractivity contribution in [2.24, 2.45) is 0 Å². The predicted octanol–water partition coefficient (Wildman–Crippen LogP) is 4.80. The molecule has 2 aromatic rings. The molecule has 0 spiro atoms. The molecule has 0 aliphatic rings. The summed E-state index contributed by atoms with van der Waals surface area (Å²) < 4.78 is 35.7. The Labute approximate surface area is 189 Å². The molecule has 31 heavy (non-hydrogen) atoms. The Hall–Kier alpha value is -2.29. The topological polar surface area (TPSA) is 84.9 Å². The average Bonchev–Trinajstić information content (AvgIpc) is 2.64. The second kappa shape index (κ2) is 10.3. The van der Waals surface area contributed by atoms with Crippen LogP contribution in [0, 0.1) is 0 Å². The van der Waals surface area contributed by atoms with E-state index < -0.39 is 21.8 Å². The molecule has 170 valence electrons. The van der Waals surface area contributed by atoms with Gasteiger partial charge in [0.05, 0.1) is 11.2 Å². The average molecular weight is 469 g/mol. The summed E-state index contributed by atoms with van der Waals surface area (Å²) in [5.41, 5.74) is 0.235. The second-order valence-corrected chi connectivity index (χ2v) is 10.0. The lowest BCUT2D eigenvalue weighted by atomic mass is 10.2.